The number of halogens is 1. The van der Waals surface area contributed by atoms with Crippen LogP contribution in [0.1, 0.15) is 12.5 Å². The van der Waals surface area contributed by atoms with Crippen LogP contribution in [0.15, 0.2) is 51.8 Å². The lowest BCUT2D eigenvalue weighted by Gasteiger charge is -2.18. The van der Waals surface area contributed by atoms with Crippen molar-refractivity contribution < 1.29 is 14.3 Å². The Morgan fingerprint density at radius 3 is 2.69 bits per heavy atom. The number of methoxy groups -OCH3 is 1. The van der Waals surface area contributed by atoms with Crippen LogP contribution in [0.2, 0.25) is 0 Å². The van der Waals surface area contributed by atoms with E-state index in [-0.39, 0.29) is 5.91 Å². The van der Waals surface area contributed by atoms with E-state index < -0.39 is 0 Å². The van der Waals surface area contributed by atoms with Crippen LogP contribution in [0.3, 0.4) is 0 Å². The zero-order valence-electron chi connectivity index (χ0n) is 14.2. The lowest BCUT2D eigenvalue weighted by Crippen LogP contribution is -2.28. The van der Waals surface area contributed by atoms with Crippen molar-refractivity contribution >= 4 is 61.9 Å². The molecule has 2 aromatic carbocycles. The average Bonchev–Trinajstić information content (AvgIpc) is 2.90. The zero-order valence-corrected chi connectivity index (χ0v) is 17.4. The Labute approximate surface area is 170 Å². The first kappa shape index (κ1) is 18.9. The van der Waals surface area contributed by atoms with Gasteiger partial charge in [0.1, 0.15) is 11.5 Å². The topological polar surface area (TPSA) is 38.8 Å². The number of nitrogens with zero attached hydrogens (tertiary/aromatic N) is 1. The van der Waals surface area contributed by atoms with E-state index in [9.17, 15) is 4.79 Å². The van der Waals surface area contributed by atoms with Gasteiger partial charge >= 0.3 is 0 Å². The van der Waals surface area contributed by atoms with E-state index in [0.717, 1.165) is 15.8 Å². The molecule has 4 nitrogen and oxygen atoms in total. The molecule has 2 aromatic rings. The van der Waals surface area contributed by atoms with Crippen molar-refractivity contribution in [3.8, 4) is 11.5 Å². The van der Waals surface area contributed by atoms with Crippen molar-refractivity contribution in [3.63, 3.8) is 0 Å². The van der Waals surface area contributed by atoms with Crippen molar-refractivity contribution in [2.24, 2.45) is 0 Å². The van der Waals surface area contributed by atoms with Gasteiger partial charge in [-0.3, -0.25) is 9.69 Å². The highest BCUT2D eigenvalue weighted by Gasteiger charge is 2.34. The second-order valence-electron chi connectivity index (χ2n) is 5.31. The average molecular weight is 450 g/mol. The van der Waals surface area contributed by atoms with E-state index in [0.29, 0.717) is 27.3 Å². The quantitative estimate of drug-likeness (QED) is 0.459. The summed E-state index contributed by atoms with van der Waals surface area (Å²) in [5.41, 5.74) is 1.55. The van der Waals surface area contributed by atoms with E-state index in [4.69, 9.17) is 21.7 Å². The smallest absolute Gasteiger partial charge is 0.270 e. The van der Waals surface area contributed by atoms with Gasteiger partial charge in [0.05, 0.1) is 28.8 Å². The number of amides is 1. The summed E-state index contributed by atoms with van der Waals surface area (Å²) >= 11 is 10.2. The highest BCUT2D eigenvalue weighted by atomic mass is 79.9. The number of carbonyl (C=O) groups is 1. The van der Waals surface area contributed by atoms with E-state index in [2.05, 4.69) is 15.9 Å². The molecule has 1 heterocycles. The number of anilines is 1. The summed E-state index contributed by atoms with van der Waals surface area (Å²) in [4.78, 5) is 15.0. The minimum absolute atomic E-state index is 0.154. The molecule has 3 rings (SSSR count). The number of hydrogen-bond donors (Lipinski definition) is 0. The molecule has 26 heavy (non-hydrogen) atoms. The van der Waals surface area contributed by atoms with Crippen LogP contribution >= 0.6 is 39.9 Å². The minimum atomic E-state index is -0.154. The van der Waals surface area contributed by atoms with Crippen molar-refractivity contribution in [3.05, 3.63) is 57.4 Å². The largest absolute Gasteiger partial charge is 0.496 e. The number of thiocarbonyl (C=S) groups is 1. The summed E-state index contributed by atoms with van der Waals surface area (Å²) < 4.78 is 12.2. The number of thioether (sulfide) groups is 1. The molecule has 1 saturated heterocycles. The molecule has 0 aromatic heterocycles. The summed E-state index contributed by atoms with van der Waals surface area (Å²) in [5.74, 6) is 1.22. The summed E-state index contributed by atoms with van der Waals surface area (Å²) in [6, 6.07) is 13.0. The molecular weight excluding hydrogens is 434 g/mol. The summed E-state index contributed by atoms with van der Waals surface area (Å²) in [6.07, 6.45) is 1.83. The number of hydrogen-bond acceptors (Lipinski definition) is 5. The van der Waals surface area contributed by atoms with Crippen molar-refractivity contribution in [1.82, 2.24) is 0 Å². The molecule has 1 aliphatic heterocycles. The van der Waals surface area contributed by atoms with Gasteiger partial charge in [-0.1, -0.05) is 42.2 Å². The molecule has 0 bridgehead atoms. The number of para-hydroxylation sites is 2. The van der Waals surface area contributed by atoms with E-state index >= 15 is 0 Å². The summed E-state index contributed by atoms with van der Waals surface area (Å²) in [6.45, 7) is 2.42. The van der Waals surface area contributed by atoms with Gasteiger partial charge in [0.15, 0.2) is 4.32 Å². The predicted octanol–water partition coefficient (Wildman–Crippen LogP) is 5.26. The molecule has 0 radical (unpaired) electrons. The van der Waals surface area contributed by atoms with Crippen molar-refractivity contribution in [2.45, 2.75) is 6.92 Å². The maximum Gasteiger partial charge on any atom is 0.270 e. The molecule has 0 aliphatic carbocycles. The first-order valence-corrected chi connectivity index (χ1v) is 9.90. The normalized spacial score (nSPS) is 15.7. The SMILES string of the molecule is CCOc1ccccc1N1C(=O)C(=Cc2ccc(OC)c(Br)c2)SC1=S. The molecule has 1 fully saturated rings. The Morgan fingerprint density at radius 2 is 2.00 bits per heavy atom. The van der Waals surface area contributed by atoms with E-state index in [1.54, 1.807) is 7.11 Å². The van der Waals surface area contributed by atoms with Gasteiger partial charge in [-0.25, -0.2) is 0 Å². The third-order valence-corrected chi connectivity index (χ3v) is 5.60. The molecular formula is C19H16BrNO3S2. The standard InChI is InChI=1S/C19H16BrNO3S2/c1-3-24-16-7-5-4-6-14(16)21-18(22)17(26-19(21)25)11-12-8-9-15(23-2)13(20)10-12/h4-11H,3H2,1-2H3. The Bertz CT molecular complexity index is 898. The second-order valence-corrected chi connectivity index (χ2v) is 7.84. The highest BCUT2D eigenvalue weighted by Crippen LogP contribution is 2.40. The van der Waals surface area contributed by atoms with E-state index in [1.165, 1.54) is 16.7 Å². The molecule has 1 amide bonds. The molecule has 0 spiro atoms. The van der Waals surface area contributed by atoms with Gasteiger partial charge in [0.25, 0.3) is 5.91 Å². The van der Waals surface area contributed by atoms with Crippen LogP contribution < -0.4 is 14.4 Å². The van der Waals surface area contributed by atoms with Gasteiger partial charge in [0, 0.05) is 0 Å². The first-order chi connectivity index (χ1) is 12.5. The number of carbonyl (C=O) groups excluding carboxylic acids is 1. The van der Waals surface area contributed by atoms with Gasteiger partial charge < -0.3 is 9.47 Å². The fourth-order valence-corrected chi connectivity index (χ4v) is 4.36. The molecule has 0 unspecified atom stereocenters. The van der Waals surface area contributed by atoms with Crippen LogP contribution in [0.25, 0.3) is 6.08 Å². The van der Waals surface area contributed by atoms with Crippen molar-refractivity contribution in [1.29, 1.82) is 0 Å². The van der Waals surface area contributed by atoms with Crippen LogP contribution in [0.5, 0.6) is 11.5 Å². The Balaban J connectivity index is 1.93. The first-order valence-electron chi connectivity index (χ1n) is 7.88. The molecule has 0 saturated carbocycles. The number of benzene rings is 2. The molecule has 1 aliphatic rings. The maximum atomic E-state index is 12.9. The highest BCUT2D eigenvalue weighted by molar-refractivity contribution is 9.10. The minimum Gasteiger partial charge on any atom is -0.496 e. The van der Waals surface area contributed by atoms with Gasteiger partial charge in [-0.05, 0) is 58.8 Å². The summed E-state index contributed by atoms with van der Waals surface area (Å²) in [7, 11) is 1.61. The van der Waals surface area contributed by atoms with Crippen LogP contribution in [-0.2, 0) is 4.79 Å². The van der Waals surface area contributed by atoms with Crippen molar-refractivity contribution in [2.75, 3.05) is 18.6 Å². The maximum absolute atomic E-state index is 12.9. The van der Waals surface area contributed by atoms with Gasteiger partial charge in [-0.15, -0.1) is 0 Å². The van der Waals surface area contributed by atoms with Crippen LogP contribution in [-0.4, -0.2) is 23.9 Å². The fraction of sp³-hybridized carbons (Fsp3) is 0.158. The van der Waals surface area contributed by atoms with Gasteiger partial charge in [0.2, 0.25) is 0 Å². The third kappa shape index (κ3) is 3.79. The summed E-state index contributed by atoms with van der Waals surface area (Å²) in [5, 5.41) is 0. The monoisotopic (exact) mass is 449 g/mol. The molecule has 7 heteroatoms. The molecule has 0 N–H and O–H groups in total. The van der Waals surface area contributed by atoms with Crippen LogP contribution in [0.4, 0.5) is 5.69 Å². The second kappa shape index (κ2) is 8.24. The van der Waals surface area contributed by atoms with Gasteiger partial charge in [-0.2, -0.15) is 0 Å². The lowest BCUT2D eigenvalue weighted by atomic mass is 10.2. The van der Waals surface area contributed by atoms with Crippen LogP contribution in [0, 0.1) is 0 Å². The zero-order chi connectivity index (χ0) is 18.7. The third-order valence-electron chi connectivity index (χ3n) is 3.67. The Morgan fingerprint density at radius 1 is 1.23 bits per heavy atom. The molecule has 134 valence electrons. The predicted molar refractivity (Wildman–Crippen MR) is 114 cm³/mol. The lowest BCUT2D eigenvalue weighted by molar-refractivity contribution is -0.113. The van der Waals surface area contributed by atoms with E-state index in [1.807, 2.05) is 55.5 Å². The Hall–Kier alpha value is -1.83. The Kier molecular flexibility index (Phi) is 6.01. The number of ether oxygens (including phenoxy) is 2. The fourth-order valence-electron chi connectivity index (χ4n) is 2.52. The number of rotatable bonds is 5. The molecule has 0 atom stereocenters.